The fourth-order valence-corrected chi connectivity index (χ4v) is 2.76. The van der Waals surface area contributed by atoms with Gasteiger partial charge in [0.25, 0.3) is 0 Å². The zero-order chi connectivity index (χ0) is 23.0. The van der Waals surface area contributed by atoms with E-state index in [-0.39, 0.29) is 6.61 Å². The van der Waals surface area contributed by atoms with Gasteiger partial charge in [0.15, 0.2) is 18.0 Å². The van der Waals surface area contributed by atoms with Crippen molar-refractivity contribution in [3.63, 3.8) is 0 Å². The Morgan fingerprint density at radius 1 is 0.903 bits per heavy atom. The number of benzene rings is 2. The molecule has 0 bridgehead atoms. The third-order valence-corrected chi connectivity index (χ3v) is 4.07. The van der Waals surface area contributed by atoms with E-state index in [0.717, 1.165) is 22.1 Å². The largest absolute Gasteiger partial charge is 0.497 e. The van der Waals surface area contributed by atoms with Crippen molar-refractivity contribution in [1.82, 2.24) is 0 Å². The standard InChI is InChI=1S/C20H21NO5.ClHO4/c1-23-14-5-7-17-15(11-14)16(21-8-9-22)12-19(26-17)13-4-6-18(24-2)20(10-13)25-3;2-1(3,4)5/h4-7,10-12,22H,8-9H2,1-3H3;(H,2,3,4,5). The maximum atomic E-state index is 9.17. The van der Waals surface area contributed by atoms with Gasteiger partial charge in [-0.1, -0.05) is 0 Å². The van der Waals surface area contributed by atoms with Crippen LogP contribution in [-0.2, 0) is 0 Å². The van der Waals surface area contributed by atoms with Crippen molar-refractivity contribution in [3.8, 4) is 28.6 Å². The molecule has 0 aliphatic rings. The smallest absolute Gasteiger partial charge is 0.213 e. The van der Waals surface area contributed by atoms with Gasteiger partial charge in [-0.3, -0.25) is 0 Å². The molecule has 31 heavy (non-hydrogen) atoms. The van der Waals surface area contributed by atoms with Crippen molar-refractivity contribution in [2.24, 2.45) is 0 Å². The fraction of sp³-hybridized carbons (Fsp3) is 0.250. The van der Waals surface area contributed by atoms with Crippen molar-refractivity contribution < 1.29 is 57.6 Å². The summed E-state index contributed by atoms with van der Waals surface area (Å²) in [4.78, 5) is 3.23. The summed E-state index contributed by atoms with van der Waals surface area (Å²) in [6.45, 7) is 0.463. The highest BCUT2D eigenvalue weighted by Crippen LogP contribution is 2.32. The minimum Gasteiger partial charge on any atom is -0.497 e. The number of halogens is 1. The highest BCUT2D eigenvalue weighted by molar-refractivity contribution is 5.79. The van der Waals surface area contributed by atoms with E-state index in [4.69, 9.17) is 37.3 Å². The number of fused-ring (bicyclic) bond motifs is 1. The average Bonchev–Trinajstić information content (AvgIpc) is 2.75. The Bertz CT molecular complexity index is 1070. The van der Waals surface area contributed by atoms with Crippen LogP contribution in [0.5, 0.6) is 17.2 Å². The number of hydrogen-bond donors (Lipinski definition) is 2. The Morgan fingerprint density at radius 3 is 2.16 bits per heavy atom. The van der Waals surface area contributed by atoms with Gasteiger partial charge in [0.2, 0.25) is 5.36 Å². The molecule has 0 amide bonds. The van der Waals surface area contributed by atoms with Crippen LogP contribution in [0.2, 0.25) is 0 Å². The lowest BCUT2D eigenvalue weighted by molar-refractivity contribution is -2.00. The Morgan fingerprint density at radius 2 is 1.58 bits per heavy atom. The van der Waals surface area contributed by atoms with Gasteiger partial charge < -0.3 is 23.7 Å². The van der Waals surface area contributed by atoms with Crippen LogP contribution in [0.4, 0.5) is 0 Å². The molecular formula is C20H22ClNO9. The third-order valence-electron chi connectivity index (χ3n) is 4.07. The normalized spacial score (nSPS) is 11.7. The summed E-state index contributed by atoms with van der Waals surface area (Å²) in [5.74, 6) is 2.68. The van der Waals surface area contributed by atoms with Crippen LogP contribution in [0.3, 0.4) is 0 Å². The predicted molar refractivity (Wildman–Crippen MR) is 97.4 cm³/mol. The van der Waals surface area contributed by atoms with Crippen LogP contribution in [0.15, 0.2) is 46.9 Å². The van der Waals surface area contributed by atoms with Crippen molar-refractivity contribution in [2.75, 3.05) is 34.5 Å². The summed E-state index contributed by atoms with van der Waals surface area (Å²) in [5, 5.41) is 10.9. The van der Waals surface area contributed by atoms with E-state index < -0.39 is 10.2 Å². The minimum absolute atomic E-state index is 0.0309. The monoisotopic (exact) mass is 455 g/mol. The summed E-state index contributed by atoms with van der Waals surface area (Å²) in [7, 11) is -0.126. The number of methoxy groups -OCH3 is 3. The van der Waals surface area contributed by atoms with Gasteiger partial charge >= 0.3 is 0 Å². The molecule has 0 saturated carbocycles. The topological polar surface area (TPSA) is 167 Å². The number of ether oxygens (including phenoxy) is 3. The molecule has 3 rings (SSSR count). The van der Waals surface area contributed by atoms with Gasteiger partial charge in [0.1, 0.15) is 23.7 Å². The average molecular weight is 456 g/mol. The molecule has 0 spiro atoms. The molecular weight excluding hydrogens is 434 g/mol. The molecule has 3 aromatic rings. The molecule has 0 atom stereocenters. The number of aliphatic hydroxyl groups is 1. The highest BCUT2D eigenvalue weighted by Gasteiger charge is 2.12. The molecule has 168 valence electrons. The van der Waals surface area contributed by atoms with E-state index in [9.17, 15) is 5.11 Å². The van der Waals surface area contributed by atoms with Gasteiger partial charge in [-0.15, -0.1) is 10.2 Å². The third kappa shape index (κ3) is 7.10. The number of aliphatic hydroxyl groups excluding tert-OH is 1. The van der Waals surface area contributed by atoms with Crippen LogP contribution in [0.25, 0.3) is 22.3 Å². The first-order chi connectivity index (χ1) is 14.7. The van der Waals surface area contributed by atoms with Crippen LogP contribution < -0.4 is 43.2 Å². The summed E-state index contributed by atoms with van der Waals surface area (Å²) in [5.41, 5.74) is 1.56. The van der Waals surface area contributed by atoms with Crippen LogP contribution >= 0.6 is 0 Å². The lowest BCUT2D eigenvalue weighted by atomic mass is 10.1. The van der Waals surface area contributed by atoms with E-state index in [0.29, 0.717) is 29.4 Å². The second kappa shape index (κ2) is 11.0. The SMILES string of the molecule is COc1ccc2oc(-c3ccc(OC)c(OC)c3)cc(=[NH+]CCO)c2c1.[O-][Cl+3]([O-])([O-])[O-]. The van der Waals surface area contributed by atoms with Gasteiger partial charge in [-0.25, -0.2) is 23.6 Å². The van der Waals surface area contributed by atoms with E-state index in [1.165, 1.54) is 0 Å². The second-order valence-electron chi connectivity index (χ2n) is 5.98. The lowest BCUT2D eigenvalue weighted by Gasteiger charge is -2.17. The van der Waals surface area contributed by atoms with E-state index >= 15 is 0 Å². The quantitative estimate of drug-likeness (QED) is 0.380. The van der Waals surface area contributed by atoms with Crippen molar-refractivity contribution in [3.05, 3.63) is 47.8 Å². The van der Waals surface area contributed by atoms with Gasteiger partial charge in [-0.2, -0.15) is 0 Å². The minimum atomic E-state index is -4.94. The number of rotatable bonds is 6. The first kappa shape index (κ1) is 24.4. The van der Waals surface area contributed by atoms with E-state index in [2.05, 4.69) is 4.99 Å². The van der Waals surface area contributed by atoms with Crippen LogP contribution in [-0.4, -0.2) is 39.6 Å². The molecule has 0 unspecified atom stereocenters. The molecule has 0 aliphatic heterocycles. The van der Waals surface area contributed by atoms with Gasteiger partial charge in [0.05, 0.1) is 32.8 Å². The van der Waals surface area contributed by atoms with Gasteiger partial charge in [-0.05, 0) is 36.4 Å². The predicted octanol–water partition coefficient (Wildman–Crippen LogP) is -3.66. The molecule has 2 aromatic carbocycles. The summed E-state index contributed by atoms with van der Waals surface area (Å²) < 4.78 is 56.0. The zero-order valence-corrected chi connectivity index (χ0v) is 17.8. The summed E-state index contributed by atoms with van der Waals surface area (Å²) in [6, 6.07) is 13.1. The number of hydrogen-bond acceptors (Lipinski definition) is 9. The summed E-state index contributed by atoms with van der Waals surface area (Å²) >= 11 is 0. The Labute approximate surface area is 179 Å². The number of nitrogens with one attached hydrogen (secondary N) is 1. The highest BCUT2D eigenvalue weighted by atomic mass is 35.7. The fourth-order valence-electron chi connectivity index (χ4n) is 2.76. The Kier molecular flexibility index (Phi) is 8.63. The molecule has 0 radical (unpaired) electrons. The first-order valence-electron chi connectivity index (χ1n) is 8.84. The lowest BCUT2D eigenvalue weighted by Crippen LogP contribution is -2.77. The van der Waals surface area contributed by atoms with Crippen LogP contribution in [0, 0.1) is 10.2 Å². The molecule has 0 saturated heterocycles. The first-order valence-corrected chi connectivity index (χ1v) is 10.1. The molecule has 10 nitrogen and oxygen atoms in total. The van der Waals surface area contributed by atoms with Gasteiger partial charge in [0, 0.05) is 5.56 Å². The van der Waals surface area contributed by atoms with E-state index in [1.807, 2.05) is 42.5 Å². The maximum absolute atomic E-state index is 9.17. The van der Waals surface area contributed by atoms with E-state index in [1.54, 1.807) is 21.3 Å². The Hall–Kier alpha value is -2.86. The molecule has 0 fully saturated rings. The molecule has 2 N–H and O–H groups in total. The van der Waals surface area contributed by atoms with Crippen molar-refractivity contribution >= 4 is 11.0 Å². The van der Waals surface area contributed by atoms with Crippen molar-refractivity contribution in [1.29, 1.82) is 0 Å². The molecule has 0 aliphatic carbocycles. The zero-order valence-electron chi connectivity index (χ0n) is 17.0. The second-order valence-corrected chi connectivity index (χ2v) is 6.74. The van der Waals surface area contributed by atoms with Crippen LogP contribution in [0.1, 0.15) is 0 Å². The Balaban J connectivity index is 0.000000614. The molecule has 1 aromatic heterocycles. The molecule has 1 heterocycles. The maximum Gasteiger partial charge on any atom is 0.213 e. The molecule has 11 heteroatoms. The summed E-state index contributed by atoms with van der Waals surface area (Å²) in [6.07, 6.45) is 0. The van der Waals surface area contributed by atoms with Crippen molar-refractivity contribution in [2.45, 2.75) is 0 Å².